The smallest absolute Gasteiger partial charge is 0.137 e. The molecule has 5 nitrogen and oxygen atoms in total. The number of likely N-dealkylation sites (N-methyl/N-ethyl adjacent to an activating group) is 1. The van der Waals surface area contributed by atoms with Crippen LogP contribution in [0.25, 0.3) is 0 Å². The monoisotopic (exact) mass is 334 g/mol. The van der Waals surface area contributed by atoms with Gasteiger partial charge in [0.15, 0.2) is 0 Å². The average Bonchev–Trinajstić information content (AvgIpc) is 2.29. The highest BCUT2D eigenvalue weighted by Crippen LogP contribution is 2.21. The number of ether oxygens (including phenoxy) is 1. The van der Waals surface area contributed by atoms with Gasteiger partial charge in [0.25, 0.3) is 0 Å². The molecule has 110 valence electrons. The van der Waals surface area contributed by atoms with Gasteiger partial charge in [-0.1, -0.05) is 6.07 Å². The lowest BCUT2D eigenvalue weighted by atomic mass is 10.3. The van der Waals surface area contributed by atoms with Crippen molar-refractivity contribution in [2.45, 2.75) is 0 Å². The van der Waals surface area contributed by atoms with Gasteiger partial charge in [0.2, 0.25) is 0 Å². The molecule has 0 aliphatic heterocycles. The molecule has 0 saturated carbocycles. The molecule has 0 aliphatic rings. The van der Waals surface area contributed by atoms with Gasteiger partial charge in [0.1, 0.15) is 18.9 Å². The Labute approximate surface area is 125 Å². The summed E-state index contributed by atoms with van der Waals surface area (Å²) >= 11 is 0. The molecule has 0 fully saturated rings. The average molecular weight is 335 g/mol. The van der Waals surface area contributed by atoms with Gasteiger partial charge in [-0.15, -0.1) is 5.23 Å². The van der Waals surface area contributed by atoms with Crippen molar-refractivity contribution in [3.05, 3.63) is 24.3 Å². The molecule has 0 spiro atoms. The highest BCUT2D eigenvalue weighted by Gasteiger charge is 2.08. The minimum atomic E-state index is 0. The molecule has 0 bridgehead atoms. The van der Waals surface area contributed by atoms with Gasteiger partial charge < -0.3 is 26.2 Å². The molecule has 0 radical (unpaired) electrons. The number of halogens is 1. The molecule has 0 amide bonds. The third-order valence-electron chi connectivity index (χ3n) is 2.39. The molecular formula is C13H23BrN2O3. The first kappa shape index (κ1) is 18.2. The van der Waals surface area contributed by atoms with Crippen LogP contribution in [0.2, 0.25) is 0 Å². The molecule has 19 heavy (non-hydrogen) atoms. The summed E-state index contributed by atoms with van der Waals surface area (Å²) in [6.07, 6.45) is 0. The SMILES string of the molecule is CON(OC)c1cccc(OCC[N+](C)(C)C)c1.[Br-]. The fourth-order valence-corrected chi connectivity index (χ4v) is 1.41. The third-order valence-corrected chi connectivity index (χ3v) is 2.39. The van der Waals surface area contributed by atoms with E-state index >= 15 is 0 Å². The zero-order valence-electron chi connectivity index (χ0n) is 12.2. The minimum Gasteiger partial charge on any atom is -1.00 e. The summed E-state index contributed by atoms with van der Waals surface area (Å²) in [5.74, 6) is 0.806. The Morgan fingerprint density at radius 3 is 2.26 bits per heavy atom. The van der Waals surface area contributed by atoms with Gasteiger partial charge in [-0.25, -0.2) is 0 Å². The van der Waals surface area contributed by atoms with Crippen molar-refractivity contribution in [1.29, 1.82) is 0 Å². The number of hydrogen-bond acceptors (Lipinski definition) is 4. The van der Waals surface area contributed by atoms with Crippen LogP contribution in [0, 0.1) is 0 Å². The Bertz CT molecular complexity index is 365. The van der Waals surface area contributed by atoms with E-state index in [1.165, 1.54) is 5.23 Å². The van der Waals surface area contributed by atoms with Crippen molar-refractivity contribution in [3.63, 3.8) is 0 Å². The normalized spacial score (nSPS) is 10.8. The molecule has 1 rings (SSSR count). The van der Waals surface area contributed by atoms with E-state index in [0.29, 0.717) is 6.61 Å². The summed E-state index contributed by atoms with van der Waals surface area (Å²) in [5.41, 5.74) is 0.794. The van der Waals surface area contributed by atoms with Gasteiger partial charge in [0.05, 0.1) is 41.0 Å². The Morgan fingerprint density at radius 1 is 1.11 bits per heavy atom. The molecule has 1 aromatic rings. The minimum absolute atomic E-state index is 0. The zero-order valence-corrected chi connectivity index (χ0v) is 13.8. The summed E-state index contributed by atoms with van der Waals surface area (Å²) in [4.78, 5) is 10.1. The van der Waals surface area contributed by atoms with Crippen molar-refractivity contribution in [3.8, 4) is 5.75 Å². The van der Waals surface area contributed by atoms with Crippen molar-refractivity contribution < 1.29 is 35.9 Å². The van der Waals surface area contributed by atoms with Gasteiger partial charge in [0, 0.05) is 6.07 Å². The number of benzene rings is 1. The van der Waals surface area contributed by atoms with Crippen molar-refractivity contribution >= 4 is 5.69 Å². The molecule has 0 N–H and O–H groups in total. The van der Waals surface area contributed by atoms with Crippen LogP contribution in [0.1, 0.15) is 0 Å². The van der Waals surface area contributed by atoms with Crippen molar-refractivity contribution in [2.75, 3.05) is 53.7 Å². The second-order valence-electron chi connectivity index (χ2n) is 4.98. The maximum absolute atomic E-state index is 5.71. The van der Waals surface area contributed by atoms with E-state index in [1.54, 1.807) is 14.2 Å². The van der Waals surface area contributed by atoms with Crippen LogP contribution < -0.4 is 26.9 Å². The Hall–Kier alpha value is -0.820. The standard InChI is InChI=1S/C13H23N2O3.BrH/c1-15(2,3)9-10-18-13-8-6-7-12(11-13)14(16-4)17-5;/h6-8,11H,9-10H2,1-5H3;1H/q+1;/p-1. The molecule has 0 atom stereocenters. The summed E-state index contributed by atoms with van der Waals surface area (Å²) < 4.78 is 6.59. The van der Waals surface area contributed by atoms with Crippen LogP contribution in [0.4, 0.5) is 5.69 Å². The number of hydrogen-bond donors (Lipinski definition) is 0. The van der Waals surface area contributed by atoms with E-state index in [0.717, 1.165) is 22.5 Å². The third kappa shape index (κ3) is 6.77. The van der Waals surface area contributed by atoms with Gasteiger partial charge in [-0.2, -0.15) is 0 Å². The maximum atomic E-state index is 5.71. The quantitative estimate of drug-likeness (QED) is 0.458. The van der Waals surface area contributed by atoms with Gasteiger partial charge in [-0.05, 0) is 12.1 Å². The maximum Gasteiger partial charge on any atom is 0.137 e. The second-order valence-corrected chi connectivity index (χ2v) is 4.98. The van der Waals surface area contributed by atoms with Crippen LogP contribution in [0.5, 0.6) is 5.75 Å². The van der Waals surface area contributed by atoms with Crippen LogP contribution >= 0.6 is 0 Å². The van der Waals surface area contributed by atoms with E-state index in [-0.39, 0.29) is 17.0 Å². The molecule has 0 aliphatic carbocycles. The molecule has 0 saturated heterocycles. The lowest BCUT2D eigenvalue weighted by Crippen LogP contribution is -3.00. The Kier molecular flexibility index (Phi) is 8.01. The van der Waals surface area contributed by atoms with Crippen LogP contribution in [0.3, 0.4) is 0 Å². The first-order chi connectivity index (χ1) is 8.46. The zero-order chi connectivity index (χ0) is 13.6. The van der Waals surface area contributed by atoms with Gasteiger partial charge >= 0.3 is 0 Å². The molecule has 0 heterocycles. The first-order valence-electron chi connectivity index (χ1n) is 5.88. The molecule has 1 aromatic carbocycles. The molecular weight excluding hydrogens is 312 g/mol. The second kappa shape index (κ2) is 8.37. The summed E-state index contributed by atoms with van der Waals surface area (Å²) in [6, 6.07) is 7.59. The fourth-order valence-electron chi connectivity index (χ4n) is 1.41. The number of rotatable bonds is 7. The van der Waals surface area contributed by atoms with E-state index in [9.17, 15) is 0 Å². The Balaban J connectivity index is 0.00000324. The summed E-state index contributed by atoms with van der Waals surface area (Å²) in [7, 11) is 9.51. The van der Waals surface area contributed by atoms with E-state index in [1.807, 2.05) is 24.3 Å². The lowest BCUT2D eigenvalue weighted by molar-refractivity contribution is -0.870. The number of nitrogens with zero attached hydrogens (tertiary/aromatic N) is 2. The predicted octanol–water partition coefficient (Wildman–Crippen LogP) is -1.30. The summed E-state index contributed by atoms with van der Waals surface area (Å²) in [6.45, 7) is 1.62. The predicted molar refractivity (Wildman–Crippen MR) is 71.3 cm³/mol. The molecule has 0 aromatic heterocycles. The van der Waals surface area contributed by atoms with Crippen molar-refractivity contribution in [1.82, 2.24) is 0 Å². The number of anilines is 1. The first-order valence-corrected chi connectivity index (χ1v) is 5.88. The molecule has 0 unspecified atom stereocenters. The summed E-state index contributed by atoms with van der Waals surface area (Å²) in [5, 5.41) is 1.33. The van der Waals surface area contributed by atoms with Crippen LogP contribution in [-0.2, 0) is 9.68 Å². The lowest BCUT2D eigenvalue weighted by Gasteiger charge is -2.24. The van der Waals surface area contributed by atoms with E-state index in [4.69, 9.17) is 14.4 Å². The largest absolute Gasteiger partial charge is 1.00 e. The van der Waals surface area contributed by atoms with E-state index < -0.39 is 0 Å². The fraction of sp³-hybridized carbons (Fsp3) is 0.538. The van der Waals surface area contributed by atoms with E-state index in [2.05, 4.69) is 21.1 Å². The Morgan fingerprint density at radius 2 is 1.74 bits per heavy atom. The van der Waals surface area contributed by atoms with Crippen molar-refractivity contribution in [2.24, 2.45) is 0 Å². The molecule has 6 heteroatoms. The van der Waals surface area contributed by atoms with Crippen LogP contribution in [0.15, 0.2) is 24.3 Å². The van der Waals surface area contributed by atoms with Gasteiger partial charge in [-0.3, -0.25) is 9.68 Å². The highest BCUT2D eigenvalue weighted by molar-refractivity contribution is 5.47. The van der Waals surface area contributed by atoms with Crippen LogP contribution in [-0.4, -0.2) is 53.0 Å². The highest BCUT2D eigenvalue weighted by atomic mass is 79.9. The number of quaternary nitrogens is 1. The topological polar surface area (TPSA) is 30.9 Å².